The molecule has 0 rings (SSSR count). The van der Waals surface area contributed by atoms with Crippen molar-refractivity contribution in [1.82, 2.24) is 0 Å². The van der Waals surface area contributed by atoms with E-state index in [0.717, 1.165) is 18.8 Å². The Kier molecular flexibility index (Phi) is 21.0. The quantitative estimate of drug-likeness (QED) is 0.145. The van der Waals surface area contributed by atoms with Crippen molar-refractivity contribution in [3.8, 4) is 0 Å². The number of allylic oxidation sites excluding steroid dienone is 7. The zero-order chi connectivity index (χ0) is 22.5. The predicted octanol–water partition coefficient (Wildman–Crippen LogP) is 10.6. The van der Waals surface area contributed by atoms with Crippen molar-refractivity contribution in [2.24, 2.45) is 11.3 Å². The summed E-state index contributed by atoms with van der Waals surface area (Å²) in [6.07, 6.45) is 25.5. The van der Waals surface area contributed by atoms with Crippen molar-refractivity contribution < 1.29 is 0 Å². The zero-order valence-electron chi connectivity index (χ0n) is 21.4. The smallest absolute Gasteiger partial charge is 0.00725 e. The molecule has 0 heterocycles. The second kappa shape index (κ2) is 20.2. The van der Waals surface area contributed by atoms with Gasteiger partial charge in [-0.1, -0.05) is 123 Å². The van der Waals surface area contributed by atoms with Crippen LogP contribution in [0.4, 0.5) is 0 Å². The van der Waals surface area contributed by atoms with Crippen LogP contribution in [0.1, 0.15) is 126 Å². The molecule has 170 valence electrons. The summed E-state index contributed by atoms with van der Waals surface area (Å²) < 4.78 is 0. The van der Waals surface area contributed by atoms with Crippen LogP contribution in [0.2, 0.25) is 0 Å². The van der Waals surface area contributed by atoms with Crippen molar-refractivity contribution in [1.29, 1.82) is 0 Å². The lowest BCUT2D eigenvalue weighted by Crippen LogP contribution is -2.19. The van der Waals surface area contributed by atoms with Crippen LogP contribution in [0.3, 0.4) is 0 Å². The molecule has 0 bridgehead atoms. The molecule has 0 N–H and O–H groups in total. The monoisotopic (exact) mass is 402 g/mol. The molecule has 1 atom stereocenters. The summed E-state index contributed by atoms with van der Waals surface area (Å²) in [5.74, 6) is 0.904. The van der Waals surface area contributed by atoms with Crippen LogP contribution < -0.4 is 0 Å². The van der Waals surface area contributed by atoms with Crippen molar-refractivity contribution in [2.75, 3.05) is 0 Å². The standard InChI is InChI=1S/C19H32.C10H22/c1-7-11-12-13-16-19(6,15-9-3)17(5)18(10-4)14-8-2;1-4-5-6-7-8-9-10(2)3/h8,10-12,14H,5,7,9,13,15-16H2,1-4,6H3;10H,4-9H2,1-3H3/b12-11-,14-8-,18-10+;. The van der Waals surface area contributed by atoms with Gasteiger partial charge in [0.1, 0.15) is 0 Å². The topological polar surface area (TPSA) is 0 Å². The summed E-state index contributed by atoms with van der Waals surface area (Å²) in [5.41, 5.74) is 2.80. The molecule has 0 aromatic heterocycles. The SMILES string of the molecule is C=C(C(/C=C\C)=C/C)C(C)(CCC)CC/C=C\CC.CCCCCCCC(C)C. The van der Waals surface area contributed by atoms with Gasteiger partial charge >= 0.3 is 0 Å². The van der Waals surface area contributed by atoms with Gasteiger partial charge in [0.15, 0.2) is 0 Å². The molecule has 0 aromatic carbocycles. The highest BCUT2D eigenvalue weighted by molar-refractivity contribution is 5.41. The van der Waals surface area contributed by atoms with Gasteiger partial charge in [-0.25, -0.2) is 0 Å². The van der Waals surface area contributed by atoms with Crippen LogP contribution >= 0.6 is 0 Å². The molecular weight excluding hydrogens is 348 g/mol. The fourth-order valence-corrected chi connectivity index (χ4v) is 3.72. The van der Waals surface area contributed by atoms with E-state index >= 15 is 0 Å². The van der Waals surface area contributed by atoms with Crippen molar-refractivity contribution in [3.05, 3.63) is 48.1 Å². The van der Waals surface area contributed by atoms with Crippen molar-refractivity contribution in [3.63, 3.8) is 0 Å². The Morgan fingerprint density at radius 2 is 1.55 bits per heavy atom. The van der Waals surface area contributed by atoms with Gasteiger partial charge in [-0.2, -0.15) is 0 Å². The third kappa shape index (κ3) is 16.4. The lowest BCUT2D eigenvalue weighted by Gasteiger charge is -2.32. The number of unbranched alkanes of at least 4 members (excludes halogenated alkanes) is 4. The van der Waals surface area contributed by atoms with Gasteiger partial charge in [0, 0.05) is 0 Å². The van der Waals surface area contributed by atoms with Gasteiger partial charge in [0.2, 0.25) is 0 Å². The molecule has 0 aliphatic rings. The van der Waals surface area contributed by atoms with Gasteiger partial charge in [0.05, 0.1) is 0 Å². The largest absolute Gasteiger partial charge is 0.0947 e. The van der Waals surface area contributed by atoms with Crippen LogP contribution in [0.5, 0.6) is 0 Å². The van der Waals surface area contributed by atoms with Crippen LogP contribution in [0, 0.1) is 11.3 Å². The molecule has 0 aromatic rings. The summed E-state index contributed by atoms with van der Waals surface area (Å²) >= 11 is 0. The van der Waals surface area contributed by atoms with E-state index in [9.17, 15) is 0 Å². The first kappa shape index (κ1) is 30.2. The highest BCUT2D eigenvalue weighted by Crippen LogP contribution is 2.40. The number of hydrogen-bond donors (Lipinski definition) is 0. The first-order valence-corrected chi connectivity index (χ1v) is 12.5. The fourth-order valence-electron chi connectivity index (χ4n) is 3.72. The predicted molar refractivity (Wildman–Crippen MR) is 138 cm³/mol. The Morgan fingerprint density at radius 3 is 2.03 bits per heavy atom. The molecule has 0 radical (unpaired) electrons. The minimum atomic E-state index is 0.216. The number of rotatable bonds is 15. The lowest BCUT2D eigenvalue weighted by molar-refractivity contribution is 0.340. The molecule has 0 aliphatic carbocycles. The van der Waals surface area contributed by atoms with Gasteiger partial charge in [0.25, 0.3) is 0 Å². The molecule has 0 aliphatic heterocycles. The molecule has 0 spiro atoms. The third-order valence-electron chi connectivity index (χ3n) is 5.69. The summed E-state index contributed by atoms with van der Waals surface area (Å²) in [6.45, 7) is 22.3. The summed E-state index contributed by atoms with van der Waals surface area (Å²) in [4.78, 5) is 0. The average Bonchev–Trinajstić information content (AvgIpc) is 2.69. The van der Waals surface area contributed by atoms with Crippen LogP contribution in [-0.2, 0) is 0 Å². The minimum absolute atomic E-state index is 0.216. The molecule has 0 saturated heterocycles. The minimum Gasteiger partial charge on any atom is -0.0947 e. The van der Waals surface area contributed by atoms with E-state index in [4.69, 9.17) is 0 Å². The van der Waals surface area contributed by atoms with E-state index in [1.54, 1.807) is 0 Å². The average molecular weight is 403 g/mol. The maximum atomic E-state index is 4.39. The highest BCUT2D eigenvalue weighted by atomic mass is 14.3. The van der Waals surface area contributed by atoms with Gasteiger partial charge < -0.3 is 0 Å². The third-order valence-corrected chi connectivity index (χ3v) is 5.69. The summed E-state index contributed by atoms with van der Waals surface area (Å²) in [5, 5.41) is 0. The highest BCUT2D eigenvalue weighted by Gasteiger charge is 2.27. The Bertz CT molecular complexity index is 460. The van der Waals surface area contributed by atoms with Crippen molar-refractivity contribution >= 4 is 0 Å². The maximum absolute atomic E-state index is 4.39. The molecule has 0 nitrogen and oxygen atoms in total. The van der Waals surface area contributed by atoms with Gasteiger partial charge in [-0.05, 0) is 62.0 Å². The second-order valence-electron chi connectivity index (χ2n) is 9.05. The second-order valence-corrected chi connectivity index (χ2v) is 9.05. The molecule has 0 amide bonds. The van der Waals surface area contributed by atoms with E-state index in [0.29, 0.717) is 0 Å². The first-order chi connectivity index (χ1) is 13.8. The maximum Gasteiger partial charge on any atom is -0.00725 e. The Hall–Kier alpha value is -1.04. The molecule has 29 heavy (non-hydrogen) atoms. The van der Waals surface area contributed by atoms with Crippen LogP contribution in [0.15, 0.2) is 48.1 Å². The molecular formula is C29H54. The summed E-state index contributed by atoms with van der Waals surface area (Å²) in [6, 6.07) is 0. The summed E-state index contributed by atoms with van der Waals surface area (Å²) in [7, 11) is 0. The van der Waals surface area contributed by atoms with Crippen LogP contribution in [0.25, 0.3) is 0 Å². The first-order valence-electron chi connectivity index (χ1n) is 12.5. The van der Waals surface area contributed by atoms with Crippen molar-refractivity contribution in [2.45, 2.75) is 126 Å². The molecule has 0 heteroatoms. The van der Waals surface area contributed by atoms with Crippen LogP contribution in [-0.4, -0.2) is 0 Å². The molecule has 1 unspecified atom stereocenters. The Balaban J connectivity index is 0. The lowest BCUT2D eigenvalue weighted by atomic mass is 9.72. The van der Waals surface area contributed by atoms with E-state index in [2.05, 4.69) is 92.3 Å². The van der Waals surface area contributed by atoms with E-state index in [1.165, 1.54) is 68.9 Å². The number of hydrogen-bond acceptors (Lipinski definition) is 0. The van der Waals surface area contributed by atoms with Gasteiger partial charge in [-0.15, -0.1) is 0 Å². The Morgan fingerprint density at radius 1 is 0.897 bits per heavy atom. The molecule has 0 saturated carbocycles. The fraction of sp³-hybridized carbons (Fsp3) is 0.724. The van der Waals surface area contributed by atoms with Gasteiger partial charge in [-0.3, -0.25) is 0 Å². The molecule has 0 fully saturated rings. The van der Waals surface area contributed by atoms with E-state index in [-0.39, 0.29) is 5.41 Å². The van der Waals surface area contributed by atoms with E-state index < -0.39 is 0 Å². The zero-order valence-corrected chi connectivity index (χ0v) is 21.4. The Labute approximate surface area is 185 Å². The van der Waals surface area contributed by atoms with E-state index in [1.807, 2.05) is 0 Å². The normalized spacial score (nSPS) is 14.3.